The molecule has 1 aliphatic rings. The van der Waals surface area contributed by atoms with E-state index in [1.165, 1.54) is 18.5 Å². The lowest BCUT2D eigenvalue weighted by molar-refractivity contribution is 0.621. The Hall–Kier alpha value is -0.850. The molecular formula is C10H15N. The second-order valence-electron chi connectivity index (χ2n) is 2.89. The summed E-state index contributed by atoms with van der Waals surface area (Å²) in [6, 6.07) is 0. The summed E-state index contributed by atoms with van der Waals surface area (Å²) in [6.07, 6.45) is 10.7. The van der Waals surface area contributed by atoms with Crippen molar-refractivity contribution in [2.24, 2.45) is 10.9 Å². The Morgan fingerprint density at radius 1 is 1.64 bits per heavy atom. The summed E-state index contributed by atoms with van der Waals surface area (Å²) in [5, 5.41) is 0. The van der Waals surface area contributed by atoms with Crippen LogP contribution in [0.5, 0.6) is 0 Å². The molecule has 0 heterocycles. The average Bonchev–Trinajstić information content (AvgIpc) is 2.18. The normalized spacial score (nSPS) is 25.3. The number of rotatable bonds is 1. The molecule has 1 rings (SSSR count). The van der Waals surface area contributed by atoms with E-state index in [0.29, 0.717) is 5.92 Å². The fraction of sp³-hybridized carbons (Fsp3) is 0.500. The molecule has 1 heteroatoms. The molecular weight excluding hydrogens is 134 g/mol. The third-order valence-electron chi connectivity index (χ3n) is 1.95. The monoisotopic (exact) mass is 149 g/mol. The Morgan fingerprint density at radius 2 is 2.45 bits per heavy atom. The van der Waals surface area contributed by atoms with Crippen LogP contribution >= 0.6 is 0 Å². The molecule has 0 aromatic rings. The Morgan fingerprint density at radius 3 is 3.18 bits per heavy atom. The molecule has 0 N–H and O–H groups in total. The van der Waals surface area contributed by atoms with E-state index < -0.39 is 0 Å². The molecule has 0 aromatic heterocycles. The van der Waals surface area contributed by atoms with Gasteiger partial charge >= 0.3 is 0 Å². The van der Waals surface area contributed by atoms with Crippen molar-refractivity contribution >= 4 is 6.21 Å². The lowest BCUT2D eigenvalue weighted by Gasteiger charge is -2.07. The van der Waals surface area contributed by atoms with Gasteiger partial charge in [0.2, 0.25) is 0 Å². The van der Waals surface area contributed by atoms with Crippen molar-refractivity contribution in [3.8, 4) is 0 Å². The van der Waals surface area contributed by atoms with E-state index in [-0.39, 0.29) is 0 Å². The summed E-state index contributed by atoms with van der Waals surface area (Å²) in [4.78, 5) is 4.31. The summed E-state index contributed by atoms with van der Waals surface area (Å²) in [5.74, 6) is 0.612. The molecule has 0 saturated carbocycles. The first kappa shape index (κ1) is 8.25. The van der Waals surface area contributed by atoms with Crippen LogP contribution in [0, 0.1) is 5.92 Å². The minimum absolute atomic E-state index is 0.612. The summed E-state index contributed by atoms with van der Waals surface area (Å²) in [6.45, 7) is 4.19. The van der Waals surface area contributed by atoms with Crippen molar-refractivity contribution in [3.05, 3.63) is 23.9 Å². The van der Waals surface area contributed by atoms with Crippen molar-refractivity contribution in [3.63, 3.8) is 0 Å². The van der Waals surface area contributed by atoms with Crippen LogP contribution in [0.1, 0.15) is 26.7 Å². The molecule has 60 valence electrons. The molecule has 0 radical (unpaired) electrons. The fourth-order valence-corrected chi connectivity index (χ4v) is 1.24. The zero-order valence-electron chi connectivity index (χ0n) is 7.25. The first-order chi connectivity index (χ1) is 5.34. The largest absolute Gasteiger partial charge is 0.266 e. The summed E-state index contributed by atoms with van der Waals surface area (Å²) in [7, 11) is 0. The highest BCUT2D eigenvalue weighted by atomic mass is 14.7. The standard InChI is InChI=1S/C10H15N/c1-3-11-10-8-6-4-5-7-9(10)2/h3-4,6,8-9H,5,7H2,1-2H3. The SMILES string of the molecule is CC=NC1=CC=CCCC1C. The smallest absolute Gasteiger partial charge is 0.0427 e. The predicted molar refractivity (Wildman–Crippen MR) is 49.8 cm³/mol. The van der Waals surface area contributed by atoms with Crippen LogP contribution in [0.15, 0.2) is 28.9 Å². The molecule has 0 fully saturated rings. The van der Waals surface area contributed by atoms with Crippen LogP contribution in [0.2, 0.25) is 0 Å². The van der Waals surface area contributed by atoms with Crippen molar-refractivity contribution in [2.45, 2.75) is 26.7 Å². The molecule has 1 atom stereocenters. The van der Waals surface area contributed by atoms with Gasteiger partial charge in [-0.1, -0.05) is 19.1 Å². The summed E-state index contributed by atoms with van der Waals surface area (Å²) < 4.78 is 0. The van der Waals surface area contributed by atoms with Gasteiger partial charge in [0.25, 0.3) is 0 Å². The van der Waals surface area contributed by atoms with Gasteiger partial charge in [-0.15, -0.1) is 0 Å². The van der Waals surface area contributed by atoms with Crippen LogP contribution < -0.4 is 0 Å². The molecule has 1 unspecified atom stereocenters. The third kappa shape index (κ3) is 2.34. The third-order valence-corrected chi connectivity index (χ3v) is 1.95. The summed E-state index contributed by atoms with van der Waals surface area (Å²) >= 11 is 0. The highest BCUT2D eigenvalue weighted by Gasteiger charge is 2.06. The van der Waals surface area contributed by atoms with Gasteiger partial charge in [0.15, 0.2) is 0 Å². The maximum Gasteiger partial charge on any atom is 0.0427 e. The van der Waals surface area contributed by atoms with E-state index in [2.05, 4.69) is 30.1 Å². The van der Waals surface area contributed by atoms with Gasteiger partial charge in [-0.2, -0.15) is 0 Å². The van der Waals surface area contributed by atoms with Crippen LogP contribution in [0.25, 0.3) is 0 Å². The zero-order valence-corrected chi connectivity index (χ0v) is 7.25. The second-order valence-corrected chi connectivity index (χ2v) is 2.89. The number of nitrogens with zero attached hydrogens (tertiary/aromatic N) is 1. The van der Waals surface area contributed by atoms with Crippen LogP contribution in [-0.4, -0.2) is 6.21 Å². The van der Waals surface area contributed by atoms with Gasteiger partial charge in [-0.3, -0.25) is 4.99 Å². The first-order valence-electron chi connectivity index (χ1n) is 4.20. The van der Waals surface area contributed by atoms with Crippen molar-refractivity contribution < 1.29 is 0 Å². The first-order valence-corrected chi connectivity index (χ1v) is 4.20. The Balaban J connectivity index is 2.71. The quantitative estimate of drug-likeness (QED) is 0.508. The molecule has 1 aliphatic carbocycles. The fourth-order valence-electron chi connectivity index (χ4n) is 1.24. The topological polar surface area (TPSA) is 12.4 Å². The van der Waals surface area contributed by atoms with Gasteiger partial charge < -0.3 is 0 Å². The number of hydrogen-bond donors (Lipinski definition) is 0. The van der Waals surface area contributed by atoms with E-state index in [4.69, 9.17) is 0 Å². The highest BCUT2D eigenvalue weighted by Crippen LogP contribution is 2.20. The van der Waals surface area contributed by atoms with Crippen molar-refractivity contribution in [1.82, 2.24) is 0 Å². The minimum Gasteiger partial charge on any atom is -0.266 e. The second kappa shape index (κ2) is 4.12. The van der Waals surface area contributed by atoms with Crippen molar-refractivity contribution in [1.29, 1.82) is 0 Å². The van der Waals surface area contributed by atoms with E-state index in [9.17, 15) is 0 Å². The van der Waals surface area contributed by atoms with E-state index in [1.807, 2.05) is 13.1 Å². The van der Waals surface area contributed by atoms with Crippen LogP contribution in [0.3, 0.4) is 0 Å². The lowest BCUT2D eigenvalue weighted by Crippen LogP contribution is -1.95. The predicted octanol–water partition coefficient (Wildman–Crippen LogP) is 2.95. The van der Waals surface area contributed by atoms with Gasteiger partial charge in [0.1, 0.15) is 0 Å². The zero-order chi connectivity index (χ0) is 8.10. The van der Waals surface area contributed by atoms with E-state index in [0.717, 1.165) is 0 Å². The van der Waals surface area contributed by atoms with Gasteiger partial charge in [-0.05, 0) is 31.8 Å². The Kier molecular flexibility index (Phi) is 3.09. The van der Waals surface area contributed by atoms with Gasteiger partial charge in [-0.25, -0.2) is 0 Å². The molecule has 0 aromatic carbocycles. The number of hydrogen-bond acceptors (Lipinski definition) is 1. The van der Waals surface area contributed by atoms with Crippen LogP contribution in [0.4, 0.5) is 0 Å². The molecule has 0 aliphatic heterocycles. The Labute approximate surface area is 68.5 Å². The molecule has 0 saturated heterocycles. The minimum atomic E-state index is 0.612. The highest BCUT2D eigenvalue weighted by molar-refractivity contribution is 5.55. The van der Waals surface area contributed by atoms with Crippen LogP contribution in [-0.2, 0) is 0 Å². The average molecular weight is 149 g/mol. The Bertz CT molecular complexity index is 199. The molecule has 11 heavy (non-hydrogen) atoms. The van der Waals surface area contributed by atoms with Crippen molar-refractivity contribution in [2.75, 3.05) is 0 Å². The summed E-state index contributed by atoms with van der Waals surface area (Å²) in [5.41, 5.74) is 1.21. The van der Waals surface area contributed by atoms with E-state index >= 15 is 0 Å². The molecule has 0 spiro atoms. The molecule has 0 bridgehead atoms. The van der Waals surface area contributed by atoms with E-state index in [1.54, 1.807) is 0 Å². The maximum atomic E-state index is 4.31. The number of aliphatic imine (C=N–C) groups is 1. The van der Waals surface area contributed by atoms with Gasteiger partial charge in [0, 0.05) is 11.9 Å². The maximum absolute atomic E-state index is 4.31. The van der Waals surface area contributed by atoms with Gasteiger partial charge in [0.05, 0.1) is 0 Å². The molecule has 0 amide bonds. The number of allylic oxidation sites excluding steroid dienone is 4. The lowest BCUT2D eigenvalue weighted by atomic mass is 10.0. The molecule has 1 nitrogen and oxygen atoms in total.